The lowest BCUT2D eigenvalue weighted by Gasteiger charge is -2.19. The third-order valence-electron chi connectivity index (χ3n) is 5.04. The van der Waals surface area contributed by atoms with Gasteiger partial charge in [0.1, 0.15) is 5.69 Å². The summed E-state index contributed by atoms with van der Waals surface area (Å²) in [5.74, 6) is 0.107. The Balaban J connectivity index is 1.62. The number of halogens is 1. The Bertz CT molecular complexity index is 1290. The third-order valence-corrected chi connectivity index (χ3v) is 5.29. The number of amides is 1. The van der Waals surface area contributed by atoms with Gasteiger partial charge in [0.05, 0.1) is 11.3 Å². The molecule has 0 radical (unpaired) electrons. The molecule has 5 rings (SSSR count). The van der Waals surface area contributed by atoms with Gasteiger partial charge in [-0.15, -0.1) is 5.10 Å². The van der Waals surface area contributed by atoms with Gasteiger partial charge < -0.3 is 4.74 Å². The molecule has 1 aliphatic rings. The van der Waals surface area contributed by atoms with Gasteiger partial charge in [-0.1, -0.05) is 41.9 Å². The summed E-state index contributed by atoms with van der Waals surface area (Å²) in [4.78, 5) is 16.5. The lowest BCUT2D eigenvalue weighted by Crippen LogP contribution is -2.25. The molecule has 0 saturated heterocycles. The minimum Gasteiger partial charge on any atom is -0.446 e. The molecule has 1 aliphatic heterocycles. The van der Waals surface area contributed by atoms with Gasteiger partial charge in [-0.2, -0.15) is 10.1 Å². The van der Waals surface area contributed by atoms with Crippen molar-refractivity contribution in [3.8, 4) is 16.9 Å². The van der Waals surface area contributed by atoms with Crippen LogP contribution in [0.3, 0.4) is 0 Å². The lowest BCUT2D eigenvalue weighted by atomic mass is 10.1. The van der Waals surface area contributed by atoms with E-state index in [0.717, 1.165) is 16.8 Å². The Labute approximate surface area is 189 Å². The summed E-state index contributed by atoms with van der Waals surface area (Å²) in [6, 6.07) is 20.7. The summed E-state index contributed by atoms with van der Waals surface area (Å²) in [5.41, 5.74) is 3.85. The van der Waals surface area contributed by atoms with Crippen molar-refractivity contribution in [2.75, 3.05) is 0 Å². The molecule has 0 N–H and O–H groups in total. The molecule has 0 unspecified atom stereocenters. The average molecular weight is 444 g/mol. The van der Waals surface area contributed by atoms with Crippen LogP contribution in [0.4, 0.5) is 0 Å². The zero-order valence-corrected chi connectivity index (χ0v) is 17.8. The molecular formula is C24H18ClN5O2. The number of benzene rings is 2. The number of hydrogen-bond acceptors (Lipinski definition) is 5. The van der Waals surface area contributed by atoms with E-state index in [1.54, 1.807) is 41.3 Å². The number of pyridine rings is 1. The van der Waals surface area contributed by atoms with Crippen LogP contribution in [0.15, 0.2) is 90.4 Å². The summed E-state index contributed by atoms with van der Waals surface area (Å²) in [6.07, 6.45) is 4.40. The molecule has 3 heterocycles. The zero-order valence-electron chi connectivity index (χ0n) is 17.1. The Morgan fingerprint density at radius 3 is 2.38 bits per heavy atom. The number of para-hydroxylation sites is 1. The van der Waals surface area contributed by atoms with Crippen LogP contribution in [-0.4, -0.2) is 31.6 Å². The van der Waals surface area contributed by atoms with Gasteiger partial charge in [0.15, 0.2) is 0 Å². The predicted molar refractivity (Wildman–Crippen MR) is 121 cm³/mol. The van der Waals surface area contributed by atoms with E-state index < -0.39 is 6.23 Å². The van der Waals surface area contributed by atoms with Gasteiger partial charge in [0, 0.05) is 41.7 Å². The number of hydrazone groups is 1. The maximum atomic E-state index is 12.5. The van der Waals surface area contributed by atoms with Gasteiger partial charge in [-0.3, -0.25) is 9.78 Å². The van der Waals surface area contributed by atoms with Crippen molar-refractivity contribution in [1.82, 2.24) is 19.8 Å². The summed E-state index contributed by atoms with van der Waals surface area (Å²) in [5, 5.41) is 11.2. The molecule has 1 atom stereocenters. The SMILES string of the molecule is CC(=O)N1N=C(c2ccncc2)O[C@H]1c1cn(-c2ccccc2)nc1-c1ccc(Cl)cc1. The van der Waals surface area contributed by atoms with Crippen molar-refractivity contribution in [3.05, 3.63) is 101 Å². The molecule has 0 saturated carbocycles. The second kappa shape index (κ2) is 8.28. The van der Waals surface area contributed by atoms with Crippen molar-refractivity contribution in [2.45, 2.75) is 13.2 Å². The first-order valence-corrected chi connectivity index (χ1v) is 10.3. The number of hydrogen-bond donors (Lipinski definition) is 0. The predicted octanol–water partition coefficient (Wildman–Crippen LogP) is 4.83. The normalized spacial score (nSPS) is 15.4. The Hall–Kier alpha value is -3.97. The standard InChI is InChI=1S/C24H18ClN5O2/c1-16(31)30-24(32-23(28-30)18-11-13-26-14-12-18)21-15-29(20-5-3-2-4-6-20)27-22(21)17-7-9-19(25)10-8-17/h2-15,24H,1H3/t24-/m0/s1. The number of ether oxygens (including phenoxy) is 1. The number of carbonyl (C=O) groups is 1. The lowest BCUT2D eigenvalue weighted by molar-refractivity contribution is -0.135. The third kappa shape index (κ3) is 3.74. The molecule has 0 bridgehead atoms. The number of nitrogens with zero attached hydrogens (tertiary/aromatic N) is 5. The molecule has 0 aliphatic carbocycles. The van der Waals surface area contributed by atoms with Gasteiger partial charge in [-0.25, -0.2) is 4.68 Å². The van der Waals surface area contributed by atoms with Crippen molar-refractivity contribution in [3.63, 3.8) is 0 Å². The Morgan fingerprint density at radius 1 is 0.969 bits per heavy atom. The molecule has 1 amide bonds. The van der Waals surface area contributed by atoms with Crippen LogP contribution in [-0.2, 0) is 9.53 Å². The fourth-order valence-electron chi connectivity index (χ4n) is 3.49. The van der Waals surface area contributed by atoms with Gasteiger partial charge in [-0.05, 0) is 36.4 Å². The minimum absolute atomic E-state index is 0.242. The molecule has 2 aromatic heterocycles. The maximum absolute atomic E-state index is 12.5. The highest BCUT2D eigenvalue weighted by Gasteiger charge is 2.36. The first-order valence-electron chi connectivity index (χ1n) is 9.96. The fraction of sp³-hybridized carbons (Fsp3) is 0.0833. The van der Waals surface area contributed by atoms with E-state index in [4.69, 9.17) is 21.4 Å². The van der Waals surface area contributed by atoms with E-state index in [1.165, 1.54) is 11.9 Å². The maximum Gasteiger partial charge on any atom is 0.243 e. The zero-order chi connectivity index (χ0) is 22.1. The highest BCUT2D eigenvalue weighted by Crippen LogP contribution is 2.36. The van der Waals surface area contributed by atoms with Crippen LogP contribution in [0.2, 0.25) is 5.02 Å². The number of carbonyl (C=O) groups excluding carboxylic acids is 1. The van der Waals surface area contributed by atoms with Crippen LogP contribution >= 0.6 is 11.6 Å². The second-order valence-electron chi connectivity index (χ2n) is 7.19. The first kappa shape index (κ1) is 20.0. The van der Waals surface area contributed by atoms with Crippen LogP contribution < -0.4 is 0 Å². The van der Waals surface area contributed by atoms with Crippen LogP contribution in [0.5, 0.6) is 0 Å². The number of rotatable bonds is 4. The van der Waals surface area contributed by atoms with E-state index in [0.29, 0.717) is 22.2 Å². The molecule has 32 heavy (non-hydrogen) atoms. The van der Waals surface area contributed by atoms with E-state index in [2.05, 4.69) is 10.1 Å². The Morgan fingerprint density at radius 2 is 1.69 bits per heavy atom. The van der Waals surface area contributed by atoms with Crippen molar-refractivity contribution in [1.29, 1.82) is 0 Å². The molecule has 158 valence electrons. The average Bonchev–Trinajstić information content (AvgIpc) is 3.46. The summed E-state index contributed by atoms with van der Waals surface area (Å²) < 4.78 is 7.96. The van der Waals surface area contributed by atoms with E-state index >= 15 is 0 Å². The fourth-order valence-corrected chi connectivity index (χ4v) is 3.62. The molecular weight excluding hydrogens is 426 g/mol. The minimum atomic E-state index is -0.765. The van der Waals surface area contributed by atoms with Gasteiger partial charge in [0.25, 0.3) is 0 Å². The summed E-state index contributed by atoms with van der Waals surface area (Å²) in [7, 11) is 0. The van der Waals surface area contributed by atoms with Crippen molar-refractivity contribution >= 4 is 23.4 Å². The Kier molecular flexibility index (Phi) is 5.17. The highest BCUT2D eigenvalue weighted by atomic mass is 35.5. The van der Waals surface area contributed by atoms with E-state index in [-0.39, 0.29) is 5.91 Å². The second-order valence-corrected chi connectivity index (χ2v) is 7.63. The topological polar surface area (TPSA) is 72.6 Å². The highest BCUT2D eigenvalue weighted by molar-refractivity contribution is 6.30. The van der Waals surface area contributed by atoms with Crippen LogP contribution in [0.25, 0.3) is 16.9 Å². The molecule has 0 spiro atoms. The first-order chi connectivity index (χ1) is 15.6. The number of aromatic nitrogens is 3. The quantitative estimate of drug-likeness (QED) is 0.453. The van der Waals surface area contributed by atoms with E-state index in [1.807, 2.05) is 48.7 Å². The molecule has 7 nitrogen and oxygen atoms in total. The largest absolute Gasteiger partial charge is 0.446 e. The van der Waals surface area contributed by atoms with Gasteiger partial charge in [0.2, 0.25) is 18.0 Å². The molecule has 0 fully saturated rings. The van der Waals surface area contributed by atoms with Crippen LogP contribution in [0.1, 0.15) is 24.3 Å². The van der Waals surface area contributed by atoms with E-state index in [9.17, 15) is 4.79 Å². The van der Waals surface area contributed by atoms with Crippen LogP contribution in [0, 0.1) is 0 Å². The summed E-state index contributed by atoms with van der Waals surface area (Å²) in [6.45, 7) is 1.46. The summed E-state index contributed by atoms with van der Waals surface area (Å²) >= 11 is 6.09. The molecule has 8 heteroatoms. The molecule has 4 aromatic rings. The van der Waals surface area contributed by atoms with Crippen molar-refractivity contribution in [2.24, 2.45) is 5.10 Å². The monoisotopic (exact) mass is 443 g/mol. The smallest absolute Gasteiger partial charge is 0.243 e. The van der Waals surface area contributed by atoms with Crippen molar-refractivity contribution < 1.29 is 9.53 Å². The van der Waals surface area contributed by atoms with Gasteiger partial charge >= 0.3 is 0 Å². The molecule has 2 aromatic carbocycles.